The summed E-state index contributed by atoms with van der Waals surface area (Å²) in [5.74, 6) is 2.99. The smallest absolute Gasteiger partial charge is 0.0387 e. The predicted octanol–water partition coefficient (Wildman–Crippen LogP) is 10.8. The zero-order chi connectivity index (χ0) is 27.0. The maximum absolute atomic E-state index is 3.74. The number of benzene rings is 4. The maximum Gasteiger partial charge on any atom is 0.0387 e. The van der Waals surface area contributed by atoms with E-state index in [0.29, 0.717) is 5.41 Å². The average molecular weight is 536 g/mol. The topological polar surface area (TPSA) is 12.0 Å². The van der Waals surface area contributed by atoms with Crippen molar-refractivity contribution in [3.63, 3.8) is 0 Å². The highest BCUT2D eigenvalue weighted by atomic mass is 14.9. The molecule has 6 aliphatic rings. The van der Waals surface area contributed by atoms with Gasteiger partial charge in [0.25, 0.3) is 0 Å². The summed E-state index contributed by atoms with van der Waals surface area (Å²) in [4.78, 5) is 0. The van der Waals surface area contributed by atoms with Crippen molar-refractivity contribution >= 4 is 11.4 Å². The van der Waals surface area contributed by atoms with Gasteiger partial charge in [0.1, 0.15) is 0 Å². The van der Waals surface area contributed by atoms with Gasteiger partial charge in [0.15, 0.2) is 0 Å². The molecule has 0 amide bonds. The highest BCUT2D eigenvalue weighted by molar-refractivity contribution is 5.83. The van der Waals surface area contributed by atoms with Crippen molar-refractivity contribution in [1.82, 2.24) is 0 Å². The second-order valence-electron chi connectivity index (χ2n) is 14.4. The van der Waals surface area contributed by atoms with E-state index in [9.17, 15) is 0 Å². The summed E-state index contributed by atoms with van der Waals surface area (Å²) < 4.78 is 0. The molecule has 0 aromatic heterocycles. The Kier molecular flexibility index (Phi) is 5.39. The second kappa shape index (κ2) is 9.09. The quantitative estimate of drug-likeness (QED) is 0.274. The summed E-state index contributed by atoms with van der Waals surface area (Å²) in [7, 11) is 0. The van der Waals surface area contributed by atoms with E-state index >= 15 is 0 Å². The standard InChI is InChI=1S/C40H41N/c1-4-18-40(19-5-1)37-7-3-2-6-35(37)36-17-16-34(23-38(36)40)41-33-14-10-31(11-15-33)30-8-12-32(13-9-30)39-24-27-20-28(25-39)22-29(21-27)26-39/h2-3,6-17,23,27-29,41H,1,4-5,18-22,24-26H2. The van der Waals surface area contributed by atoms with E-state index in [1.54, 1.807) is 16.7 Å². The first kappa shape index (κ1) is 24.3. The maximum atomic E-state index is 3.74. The third-order valence-electron chi connectivity index (χ3n) is 12.0. The van der Waals surface area contributed by atoms with Crippen LogP contribution in [0.1, 0.15) is 87.3 Å². The van der Waals surface area contributed by atoms with Gasteiger partial charge in [0, 0.05) is 16.8 Å². The van der Waals surface area contributed by atoms with Crippen LogP contribution in [0.5, 0.6) is 0 Å². The van der Waals surface area contributed by atoms with E-state index < -0.39 is 0 Å². The largest absolute Gasteiger partial charge is 0.356 e. The van der Waals surface area contributed by atoms with E-state index in [4.69, 9.17) is 0 Å². The SMILES string of the molecule is c1ccc2c(c1)-c1ccc(Nc3ccc(-c4ccc(C56CC7CC(CC(C7)C5)C6)cc4)cc3)cc1C21CCCCC1. The first-order chi connectivity index (χ1) is 20.2. The molecule has 5 fully saturated rings. The molecule has 41 heavy (non-hydrogen) atoms. The minimum absolute atomic E-state index is 0.202. The van der Waals surface area contributed by atoms with Gasteiger partial charge in [-0.25, -0.2) is 0 Å². The first-order valence-electron chi connectivity index (χ1n) is 16.4. The van der Waals surface area contributed by atoms with Crippen LogP contribution in [0, 0.1) is 17.8 Å². The van der Waals surface area contributed by atoms with Crippen LogP contribution in [-0.4, -0.2) is 0 Å². The molecule has 0 heterocycles. The summed E-state index contributed by atoms with van der Waals surface area (Å²) in [6.45, 7) is 0. The fourth-order valence-electron chi connectivity index (χ4n) is 10.6. The Labute approximate surface area is 245 Å². The molecule has 0 unspecified atom stereocenters. The molecule has 1 nitrogen and oxygen atoms in total. The van der Waals surface area contributed by atoms with E-state index in [0.717, 1.165) is 23.4 Å². The Bertz CT molecular complexity index is 1570. The van der Waals surface area contributed by atoms with Gasteiger partial charge >= 0.3 is 0 Å². The molecule has 0 atom stereocenters. The molecule has 0 aliphatic heterocycles. The number of hydrogen-bond acceptors (Lipinski definition) is 1. The molecule has 1 spiro atoms. The second-order valence-corrected chi connectivity index (χ2v) is 14.4. The Hall–Kier alpha value is -3.32. The van der Waals surface area contributed by atoms with Crippen molar-refractivity contribution in [2.45, 2.75) is 81.5 Å². The molecular formula is C40H41N. The molecule has 1 heteroatoms. The Morgan fingerprint density at radius 3 is 1.80 bits per heavy atom. The van der Waals surface area contributed by atoms with Gasteiger partial charge in [-0.2, -0.15) is 0 Å². The van der Waals surface area contributed by atoms with Crippen LogP contribution in [-0.2, 0) is 10.8 Å². The molecular weight excluding hydrogens is 494 g/mol. The lowest BCUT2D eigenvalue weighted by Crippen LogP contribution is -2.48. The minimum atomic E-state index is 0.202. The molecule has 4 bridgehead atoms. The van der Waals surface area contributed by atoms with Crippen molar-refractivity contribution in [2.75, 3.05) is 5.32 Å². The van der Waals surface area contributed by atoms with Crippen LogP contribution in [0.3, 0.4) is 0 Å². The minimum Gasteiger partial charge on any atom is -0.356 e. The summed E-state index contributed by atoms with van der Waals surface area (Å²) in [5, 5.41) is 3.74. The van der Waals surface area contributed by atoms with Crippen molar-refractivity contribution in [3.8, 4) is 22.3 Å². The number of rotatable bonds is 4. The van der Waals surface area contributed by atoms with Gasteiger partial charge < -0.3 is 5.32 Å². The van der Waals surface area contributed by atoms with Crippen LogP contribution >= 0.6 is 0 Å². The Morgan fingerprint density at radius 2 is 1.12 bits per heavy atom. The van der Waals surface area contributed by atoms with Crippen molar-refractivity contribution < 1.29 is 0 Å². The summed E-state index contributed by atoms with van der Waals surface area (Å²) in [6.07, 6.45) is 15.4. The Balaban J connectivity index is 0.954. The van der Waals surface area contributed by atoms with Gasteiger partial charge in [-0.05, 0) is 138 Å². The van der Waals surface area contributed by atoms with Crippen molar-refractivity contribution in [1.29, 1.82) is 0 Å². The molecule has 5 saturated carbocycles. The normalized spacial score (nSPS) is 28.4. The lowest BCUT2D eigenvalue weighted by atomic mass is 9.48. The number of hydrogen-bond donors (Lipinski definition) is 1. The number of fused-ring (bicyclic) bond motifs is 5. The zero-order valence-corrected chi connectivity index (χ0v) is 24.2. The van der Waals surface area contributed by atoms with Gasteiger partial charge in [-0.1, -0.05) is 86.0 Å². The molecule has 4 aromatic rings. The van der Waals surface area contributed by atoms with Gasteiger partial charge in [0.2, 0.25) is 0 Å². The molecule has 0 saturated heterocycles. The van der Waals surface area contributed by atoms with Crippen molar-refractivity contribution in [3.05, 3.63) is 108 Å². The van der Waals surface area contributed by atoms with Crippen LogP contribution in [0.2, 0.25) is 0 Å². The third kappa shape index (κ3) is 3.80. The fourth-order valence-corrected chi connectivity index (χ4v) is 10.6. The Morgan fingerprint density at radius 1 is 0.537 bits per heavy atom. The summed E-state index contributed by atoms with van der Waals surface area (Å²) in [6, 6.07) is 35.0. The number of nitrogens with one attached hydrogen (secondary N) is 1. The highest BCUT2D eigenvalue weighted by Crippen LogP contribution is 2.61. The highest BCUT2D eigenvalue weighted by Gasteiger charge is 2.51. The predicted molar refractivity (Wildman–Crippen MR) is 171 cm³/mol. The summed E-state index contributed by atoms with van der Waals surface area (Å²) in [5.41, 5.74) is 13.3. The monoisotopic (exact) mass is 535 g/mol. The molecule has 4 aromatic carbocycles. The third-order valence-corrected chi connectivity index (χ3v) is 12.0. The number of anilines is 2. The fraction of sp³-hybridized carbons (Fsp3) is 0.400. The molecule has 6 aliphatic carbocycles. The van der Waals surface area contributed by atoms with Gasteiger partial charge in [-0.15, -0.1) is 0 Å². The van der Waals surface area contributed by atoms with Crippen molar-refractivity contribution in [2.24, 2.45) is 17.8 Å². The van der Waals surface area contributed by atoms with Crippen LogP contribution in [0.15, 0.2) is 91.0 Å². The molecule has 206 valence electrons. The lowest BCUT2D eigenvalue weighted by Gasteiger charge is -2.57. The average Bonchev–Trinajstić information content (AvgIpc) is 3.26. The molecule has 1 N–H and O–H groups in total. The van der Waals surface area contributed by atoms with Gasteiger partial charge in [0.05, 0.1) is 0 Å². The van der Waals surface area contributed by atoms with Crippen LogP contribution in [0.25, 0.3) is 22.3 Å². The summed E-state index contributed by atoms with van der Waals surface area (Å²) >= 11 is 0. The van der Waals surface area contributed by atoms with E-state index in [-0.39, 0.29) is 5.41 Å². The van der Waals surface area contributed by atoms with E-state index in [1.165, 1.54) is 98.6 Å². The zero-order valence-electron chi connectivity index (χ0n) is 24.2. The lowest BCUT2D eigenvalue weighted by molar-refractivity contribution is -0.00518. The molecule has 0 radical (unpaired) electrons. The first-order valence-corrected chi connectivity index (χ1v) is 16.4. The van der Waals surface area contributed by atoms with Crippen LogP contribution in [0.4, 0.5) is 11.4 Å². The van der Waals surface area contributed by atoms with E-state index in [2.05, 4.69) is 96.3 Å². The molecule has 10 rings (SSSR count). The van der Waals surface area contributed by atoms with Gasteiger partial charge in [-0.3, -0.25) is 0 Å². The van der Waals surface area contributed by atoms with Crippen LogP contribution < -0.4 is 5.32 Å². The van der Waals surface area contributed by atoms with E-state index in [1.807, 2.05) is 0 Å².